The zero-order valence-corrected chi connectivity index (χ0v) is 20.5. The molecule has 0 saturated carbocycles. The zero-order chi connectivity index (χ0) is 24.7. The maximum atomic E-state index is 13.0. The lowest BCUT2D eigenvalue weighted by molar-refractivity contribution is -0.140. The van der Waals surface area contributed by atoms with Gasteiger partial charge in [-0.25, -0.2) is 4.79 Å². The Morgan fingerprint density at radius 1 is 1.12 bits per heavy atom. The van der Waals surface area contributed by atoms with Gasteiger partial charge in [0.25, 0.3) is 5.91 Å². The number of anilines is 1. The molecule has 1 unspecified atom stereocenters. The number of benzene rings is 2. The quantitative estimate of drug-likeness (QED) is 0.317. The molecule has 0 bridgehead atoms. The highest BCUT2D eigenvalue weighted by molar-refractivity contribution is 7.80. The molecule has 0 radical (unpaired) electrons. The molecular formula is C25H29N3O5S. The molecule has 0 aromatic heterocycles. The number of carbonyl (C=O) groups excluding carboxylic acids is 2. The summed E-state index contributed by atoms with van der Waals surface area (Å²) in [6.45, 7) is 4.86. The van der Waals surface area contributed by atoms with Crippen LogP contribution in [-0.2, 0) is 14.3 Å². The van der Waals surface area contributed by atoms with Crippen LogP contribution in [-0.4, -0.2) is 55.9 Å². The summed E-state index contributed by atoms with van der Waals surface area (Å²) in [6.07, 6.45) is 0. The molecule has 0 fully saturated rings. The highest BCUT2D eigenvalue weighted by atomic mass is 32.1. The van der Waals surface area contributed by atoms with Crippen molar-refractivity contribution in [2.45, 2.75) is 19.9 Å². The number of esters is 1. The van der Waals surface area contributed by atoms with E-state index in [0.717, 1.165) is 11.3 Å². The van der Waals surface area contributed by atoms with E-state index in [1.54, 1.807) is 37.4 Å². The molecule has 8 nitrogen and oxygen atoms in total. The second kappa shape index (κ2) is 11.6. The van der Waals surface area contributed by atoms with Crippen molar-refractivity contribution in [3.05, 3.63) is 70.9 Å². The molecule has 2 aromatic rings. The predicted octanol–water partition coefficient (Wildman–Crippen LogP) is 3.66. The van der Waals surface area contributed by atoms with Gasteiger partial charge in [-0.05, 0) is 55.9 Å². The van der Waals surface area contributed by atoms with Gasteiger partial charge in [0.1, 0.15) is 12.4 Å². The highest BCUT2D eigenvalue weighted by Gasteiger charge is 2.34. The number of hydrogen-bond donors (Lipinski definition) is 2. The lowest BCUT2D eigenvalue weighted by atomic mass is 9.94. The van der Waals surface area contributed by atoms with Crippen molar-refractivity contribution in [3.8, 4) is 5.75 Å². The number of nitrogens with zero attached hydrogens (tertiary/aromatic N) is 1. The van der Waals surface area contributed by atoms with Crippen LogP contribution in [0.15, 0.2) is 59.8 Å². The normalized spacial score (nSPS) is 15.6. The number of ether oxygens (including phenoxy) is 3. The van der Waals surface area contributed by atoms with E-state index >= 15 is 0 Å². The fourth-order valence-electron chi connectivity index (χ4n) is 3.80. The molecular weight excluding hydrogens is 454 g/mol. The summed E-state index contributed by atoms with van der Waals surface area (Å²) in [7, 11) is 3.07. The first kappa shape index (κ1) is 25.2. The first-order valence-corrected chi connectivity index (χ1v) is 11.3. The molecule has 1 aliphatic heterocycles. The third kappa shape index (κ3) is 5.55. The first-order valence-electron chi connectivity index (χ1n) is 10.9. The number of carbonyl (C=O) groups is 2. The number of allylic oxidation sites excluding steroid dienone is 1. The number of amides is 1. The largest absolute Gasteiger partial charge is 0.496 e. The lowest BCUT2D eigenvalue weighted by Crippen LogP contribution is -2.47. The Hall–Kier alpha value is -3.43. The fraction of sp³-hybridized carbons (Fsp3) is 0.320. The van der Waals surface area contributed by atoms with Crippen molar-refractivity contribution < 1.29 is 23.8 Å². The van der Waals surface area contributed by atoms with Crippen LogP contribution in [0.25, 0.3) is 0 Å². The second-order valence-electron chi connectivity index (χ2n) is 7.53. The summed E-state index contributed by atoms with van der Waals surface area (Å²) < 4.78 is 15.7. The van der Waals surface area contributed by atoms with Crippen molar-refractivity contribution >= 4 is 34.9 Å². The van der Waals surface area contributed by atoms with Crippen molar-refractivity contribution in [3.63, 3.8) is 0 Å². The summed E-state index contributed by atoms with van der Waals surface area (Å²) in [5, 5.41) is 6.67. The Labute approximate surface area is 204 Å². The van der Waals surface area contributed by atoms with E-state index in [4.69, 9.17) is 26.4 Å². The van der Waals surface area contributed by atoms with Crippen LogP contribution in [0.4, 0.5) is 5.69 Å². The Morgan fingerprint density at radius 3 is 2.59 bits per heavy atom. The minimum Gasteiger partial charge on any atom is -0.496 e. The van der Waals surface area contributed by atoms with Crippen LogP contribution < -0.4 is 15.4 Å². The number of rotatable bonds is 9. The molecule has 0 aliphatic carbocycles. The van der Waals surface area contributed by atoms with E-state index in [1.807, 2.05) is 36.9 Å². The Balaban J connectivity index is 1.92. The van der Waals surface area contributed by atoms with E-state index in [0.29, 0.717) is 40.8 Å². The van der Waals surface area contributed by atoms with Crippen molar-refractivity contribution in [1.29, 1.82) is 0 Å². The van der Waals surface area contributed by atoms with Crippen LogP contribution in [0.2, 0.25) is 0 Å². The standard InChI is InChI=1S/C25H29N3O5S/c1-5-28-16(2)21(24(30)33-14-13-31-3)22(27-25(28)34)17-9-8-10-18(15-17)26-23(29)19-11-6-7-12-20(19)32-4/h6-12,15,22H,5,13-14H2,1-4H3,(H,26,29)(H,27,34). The van der Waals surface area contributed by atoms with Gasteiger partial charge < -0.3 is 29.7 Å². The van der Waals surface area contributed by atoms with Crippen LogP contribution in [0.3, 0.4) is 0 Å². The van der Waals surface area contributed by atoms with Crippen molar-refractivity contribution in [1.82, 2.24) is 10.2 Å². The van der Waals surface area contributed by atoms with E-state index in [1.165, 1.54) is 7.11 Å². The van der Waals surface area contributed by atoms with E-state index < -0.39 is 12.0 Å². The molecule has 1 atom stereocenters. The van der Waals surface area contributed by atoms with Crippen LogP contribution in [0.1, 0.15) is 35.8 Å². The lowest BCUT2D eigenvalue weighted by Gasteiger charge is -2.37. The predicted molar refractivity (Wildman–Crippen MR) is 134 cm³/mol. The molecule has 1 heterocycles. The van der Waals surface area contributed by atoms with Crippen LogP contribution in [0, 0.1) is 0 Å². The summed E-state index contributed by atoms with van der Waals surface area (Å²) in [4.78, 5) is 27.7. The van der Waals surface area contributed by atoms with Gasteiger partial charge in [-0.15, -0.1) is 0 Å². The van der Waals surface area contributed by atoms with Gasteiger partial charge >= 0.3 is 5.97 Å². The smallest absolute Gasteiger partial charge is 0.338 e. The summed E-state index contributed by atoms with van der Waals surface area (Å²) in [5.41, 5.74) is 2.93. The third-order valence-electron chi connectivity index (χ3n) is 5.48. The van der Waals surface area contributed by atoms with E-state index in [-0.39, 0.29) is 12.5 Å². The van der Waals surface area contributed by atoms with E-state index in [9.17, 15) is 9.59 Å². The molecule has 3 rings (SSSR count). The summed E-state index contributed by atoms with van der Waals surface area (Å²) in [5.74, 6) is -0.268. The monoisotopic (exact) mass is 483 g/mol. The van der Waals surface area contributed by atoms with E-state index in [2.05, 4.69) is 10.6 Å². The van der Waals surface area contributed by atoms with Crippen molar-refractivity contribution in [2.24, 2.45) is 0 Å². The topological polar surface area (TPSA) is 89.1 Å². The number of para-hydroxylation sites is 1. The average Bonchev–Trinajstić information content (AvgIpc) is 2.84. The highest BCUT2D eigenvalue weighted by Crippen LogP contribution is 2.32. The molecule has 2 N–H and O–H groups in total. The van der Waals surface area contributed by atoms with Crippen LogP contribution >= 0.6 is 12.2 Å². The molecule has 9 heteroatoms. The molecule has 0 saturated heterocycles. The van der Waals surface area contributed by atoms with Gasteiger partial charge in [-0.1, -0.05) is 24.3 Å². The average molecular weight is 484 g/mol. The number of methoxy groups -OCH3 is 2. The SMILES string of the molecule is CCN1C(=S)NC(c2cccc(NC(=O)c3ccccc3OC)c2)C(C(=O)OCCOC)=C1C. The third-order valence-corrected chi connectivity index (χ3v) is 5.82. The summed E-state index contributed by atoms with van der Waals surface area (Å²) in [6, 6.07) is 13.7. The first-order chi connectivity index (χ1) is 16.4. The van der Waals surface area contributed by atoms with Gasteiger partial charge in [0, 0.05) is 25.0 Å². The van der Waals surface area contributed by atoms with Crippen LogP contribution in [0.5, 0.6) is 5.75 Å². The fourth-order valence-corrected chi connectivity index (χ4v) is 4.18. The number of thiocarbonyl (C=S) groups is 1. The van der Waals surface area contributed by atoms with Crippen molar-refractivity contribution in [2.75, 3.05) is 39.3 Å². The zero-order valence-electron chi connectivity index (χ0n) is 19.7. The maximum Gasteiger partial charge on any atom is 0.338 e. The molecule has 180 valence electrons. The van der Waals surface area contributed by atoms with Gasteiger partial charge in [-0.3, -0.25) is 4.79 Å². The molecule has 2 aromatic carbocycles. The number of nitrogens with one attached hydrogen (secondary N) is 2. The Morgan fingerprint density at radius 2 is 1.88 bits per heavy atom. The molecule has 1 aliphatic rings. The minimum atomic E-state index is -0.534. The minimum absolute atomic E-state index is 0.143. The molecule has 1 amide bonds. The Bertz CT molecular complexity index is 1100. The number of hydrogen-bond acceptors (Lipinski definition) is 6. The molecule has 0 spiro atoms. The van der Waals surface area contributed by atoms with Gasteiger partial charge in [0.2, 0.25) is 0 Å². The van der Waals surface area contributed by atoms with Gasteiger partial charge in [0.15, 0.2) is 5.11 Å². The molecule has 34 heavy (non-hydrogen) atoms. The summed E-state index contributed by atoms with van der Waals surface area (Å²) >= 11 is 5.55. The maximum absolute atomic E-state index is 13.0. The van der Waals surface area contributed by atoms with Gasteiger partial charge in [-0.2, -0.15) is 0 Å². The van der Waals surface area contributed by atoms with Gasteiger partial charge in [0.05, 0.1) is 30.9 Å². The Kier molecular flexibility index (Phi) is 8.61. The second-order valence-corrected chi connectivity index (χ2v) is 7.92.